The number of fused-ring (bicyclic) bond motifs is 1. The Kier molecular flexibility index (Phi) is 3.62. The minimum atomic E-state index is -1.03. The number of carbonyl (C=O) groups is 1. The van der Waals surface area contributed by atoms with Crippen LogP contribution >= 0.6 is 15.9 Å². The highest BCUT2D eigenvalue weighted by Gasteiger charge is 2.47. The molecular weight excluding hydrogens is 366 g/mol. The summed E-state index contributed by atoms with van der Waals surface area (Å²) in [4.78, 5) is 12.4. The summed E-state index contributed by atoms with van der Waals surface area (Å²) in [5.74, 6) is -0.322. The number of rotatable bonds is 3. The molecule has 0 bridgehead atoms. The van der Waals surface area contributed by atoms with E-state index in [0.717, 1.165) is 21.3 Å². The van der Waals surface area contributed by atoms with Gasteiger partial charge in [-0.2, -0.15) is 0 Å². The smallest absolute Gasteiger partial charge is 0.341 e. The second-order valence-electron chi connectivity index (χ2n) is 5.62. The Morgan fingerprint density at radius 3 is 2.42 bits per heavy atom. The third-order valence-electron chi connectivity index (χ3n) is 4.10. The van der Waals surface area contributed by atoms with E-state index in [-0.39, 0.29) is 5.97 Å². The molecule has 1 atom stereocenters. The highest BCUT2D eigenvalue weighted by Crippen LogP contribution is 2.42. The lowest BCUT2D eigenvalue weighted by atomic mass is 9.92. The third kappa shape index (κ3) is 2.39. The maximum atomic E-state index is 12.4. The topological polar surface area (TPSA) is 38.3 Å². The minimum Gasteiger partial charge on any atom is -0.427 e. The van der Waals surface area contributed by atoms with Crippen LogP contribution in [0.25, 0.3) is 0 Å². The SMILES string of the molecule is O=C1O[C@](Nc2cccc(Br)c2)(c2ccccc2)c2ccccc21. The van der Waals surface area contributed by atoms with Crippen LogP contribution in [0.5, 0.6) is 0 Å². The van der Waals surface area contributed by atoms with Crippen LogP contribution < -0.4 is 5.32 Å². The lowest BCUT2D eigenvalue weighted by molar-refractivity contribution is 0.0212. The number of anilines is 1. The predicted octanol–water partition coefficient (Wildman–Crippen LogP) is 4.93. The highest BCUT2D eigenvalue weighted by atomic mass is 79.9. The van der Waals surface area contributed by atoms with Crippen LogP contribution in [-0.2, 0) is 10.5 Å². The van der Waals surface area contributed by atoms with E-state index in [1.807, 2.05) is 72.8 Å². The van der Waals surface area contributed by atoms with Gasteiger partial charge in [-0.3, -0.25) is 0 Å². The van der Waals surface area contributed by atoms with Gasteiger partial charge in [-0.1, -0.05) is 70.5 Å². The Hall–Kier alpha value is -2.59. The molecule has 4 rings (SSSR count). The molecule has 1 aliphatic heterocycles. The summed E-state index contributed by atoms with van der Waals surface area (Å²) in [6.07, 6.45) is 0. The van der Waals surface area contributed by atoms with Gasteiger partial charge in [-0.25, -0.2) is 4.79 Å². The van der Waals surface area contributed by atoms with Crippen molar-refractivity contribution in [1.82, 2.24) is 0 Å². The van der Waals surface area contributed by atoms with Crippen LogP contribution in [0.1, 0.15) is 21.5 Å². The van der Waals surface area contributed by atoms with Crippen molar-refractivity contribution in [2.75, 3.05) is 5.32 Å². The summed E-state index contributed by atoms with van der Waals surface area (Å²) in [5, 5.41) is 3.43. The molecule has 0 fully saturated rings. The van der Waals surface area contributed by atoms with Crippen LogP contribution in [-0.4, -0.2) is 5.97 Å². The molecule has 24 heavy (non-hydrogen) atoms. The van der Waals surface area contributed by atoms with Crippen molar-refractivity contribution in [2.45, 2.75) is 5.72 Å². The fourth-order valence-electron chi connectivity index (χ4n) is 3.04. The standard InChI is InChI=1S/C20H14BrNO2/c21-15-9-6-10-16(13-15)22-20(14-7-2-1-3-8-14)18-12-5-4-11-17(18)19(23)24-20/h1-13,22H/t20-/m1/s1. The average molecular weight is 380 g/mol. The van der Waals surface area contributed by atoms with Crippen molar-refractivity contribution in [3.05, 3.63) is 100 Å². The van der Waals surface area contributed by atoms with Crippen molar-refractivity contribution >= 4 is 27.6 Å². The first-order valence-electron chi connectivity index (χ1n) is 7.61. The summed E-state index contributed by atoms with van der Waals surface area (Å²) in [6.45, 7) is 0. The molecule has 1 N–H and O–H groups in total. The molecule has 3 nitrogen and oxygen atoms in total. The molecule has 118 valence electrons. The molecule has 0 amide bonds. The highest BCUT2D eigenvalue weighted by molar-refractivity contribution is 9.10. The molecule has 0 saturated heterocycles. The number of cyclic esters (lactones) is 1. The van der Waals surface area contributed by atoms with Crippen LogP contribution in [0.4, 0.5) is 5.69 Å². The van der Waals surface area contributed by atoms with Crippen LogP contribution in [0.15, 0.2) is 83.3 Å². The molecule has 3 aromatic rings. The number of halogens is 1. The Labute approximate surface area is 148 Å². The zero-order chi connectivity index (χ0) is 16.6. The quantitative estimate of drug-likeness (QED) is 0.655. The predicted molar refractivity (Wildman–Crippen MR) is 96.8 cm³/mol. The normalized spacial score (nSPS) is 18.8. The lowest BCUT2D eigenvalue weighted by Crippen LogP contribution is -2.36. The second-order valence-corrected chi connectivity index (χ2v) is 6.53. The Morgan fingerprint density at radius 1 is 0.875 bits per heavy atom. The zero-order valence-corrected chi connectivity index (χ0v) is 14.3. The van der Waals surface area contributed by atoms with Crippen LogP contribution in [0, 0.1) is 0 Å². The first-order chi connectivity index (χ1) is 11.7. The van der Waals surface area contributed by atoms with E-state index in [4.69, 9.17) is 4.74 Å². The van der Waals surface area contributed by atoms with Crippen molar-refractivity contribution in [2.24, 2.45) is 0 Å². The molecule has 0 spiro atoms. The van der Waals surface area contributed by atoms with Crippen LogP contribution in [0.3, 0.4) is 0 Å². The van der Waals surface area contributed by atoms with Gasteiger partial charge in [0.25, 0.3) is 0 Å². The van der Waals surface area contributed by atoms with Gasteiger partial charge in [0, 0.05) is 21.3 Å². The van der Waals surface area contributed by atoms with E-state index in [2.05, 4.69) is 21.2 Å². The van der Waals surface area contributed by atoms with E-state index in [1.54, 1.807) is 6.07 Å². The Balaban J connectivity index is 1.91. The van der Waals surface area contributed by atoms with Gasteiger partial charge in [0.2, 0.25) is 5.72 Å². The first kappa shape index (κ1) is 15.0. The Morgan fingerprint density at radius 2 is 1.62 bits per heavy atom. The van der Waals surface area contributed by atoms with Gasteiger partial charge >= 0.3 is 5.97 Å². The van der Waals surface area contributed by atoms with Crippen LogP contribution in [0.2, 0.25) is 0 Å². The summed E-state index contributed by atoms with van der Waals surface area (Å²) >= 11 is 3.48. The van der Waals surface area contributed by atoms with Gasteiger partial charge in [-0.05, 0) is 24.3 Å². The van der Waals surface area contributed by atoms with Crippen molar-refractivity contribution < 1.29 is 9.53 Å². The maximum absolute atomic E-state index is 12.4. The number of hydrogen-bond donors (Lipinski definition) is 1. The molecule has 0 radical (unpaired) electrons. The number of benzene rings is 3. The molecule has 0 saturated carbocycles. The summed E-state index contributed by atoms with van der Waals surface area (Å²) in [5.41, 5.74) is 2.11. The largest absolute Gasteiger partial charge is 0.427 e. The summed E-state index contributed by atoms with van der Waals surface area (Å²) in [7, 11) is 0. The van der Waals surface area contributed by atoms with E-state index in [1.165, 1.54) is 0 Å². The molecule has 3 aromatic carbocycles. The Bertz CT molecular complexity index is 910. The number of carbonyl (C=O) groups excluding carboxylic acids is 1. The van der Waals surface area contributed by atoms with E-state index < -0.39 is 5.72 Å². The number of hydrogen-bond acceptors (Lipinski definition) is 3. The lowest BCUT2D eigenvalue weighted by Gasteiger charge is -2.31. The van der Waals surface area contributed by atoms with Crippen molar-refractivity contribution in [3.63, 3.8) is 0 Å². The van der Waals surface area contributed by atoms with Gasteiger partial charge in [0.15, 0.2) is 0 Å². The molecule has 0 unspecified atom stereocenters. The average Bonchev–Trinajstić information content (AvgIpc) is 2.89. The number of nitrogens with one attached hydrogen (secondary N) is 1. The van der Waals surface area contributed by atoms with E-state index >= 15 is 0 Å². The van der Waals surface area contributed by atoms with E-state index in [9.17, 15) is 4.79 Å². The van der Waals surface area contributed by atoms with Gasteiger partial charge < -0.3 is 10.1 Å². The zero-order valence-electron chi connectivity index (χ0n) is 12.7. The molecule has 4 heteroatoms. The second kappa shape index (κ2) is 5.80. The molecule has 1 heterocycles. The summed E-state index contributed by atoms with van der Waals surface area (Å²) in [6, 6.07) is 25.0. The summed E-state index contributed by atoms with van der Waals surface area (Å²) < 4.78 is 6.84. The van der Waals surface area contributed by atoms with Gasteiger partial charge in [0.05, 0.1) is 5.56 Å². The minimum absolute atomic E-state index is 0.322. The number of esters is 1. The first-order valence-corrected chi connectivity index (χ1v) is 8.40. The molecule has 0 aromatic heterocycles. The molecular formula is C20H14BrNO2. The van der Waals surface area contributed by atoms with Crippen molar-refractivity contribution in [1.29, 1.82) is 0 Å². The third-order valence-corrected chi connectivity index (χ3v) is 4.59. The van der Waals surface area contributed by atoms with Crippen molar-refractivity contribution in [3.8, 4) is 0 Å². The van der Waals surface area contributed by atoms with E-state index in [0.29, 0.717) is 5.56 Å². The molecule has 0 aliphatic carbocycles. The fourth-order valence-corrected chi connectivity index (χ4v) is 3.44. The fraction of sp³-hybridized carbons (Fsp3) is 0.0500. The monoisotopic (exact) mass is 379 g/mol. The molecule has 1 aliphatic rings. The maximum Gasteiger partial charge on any atom is 0.341 e. The number of ether oxygens (including phenoxy) is 1. The van der Waals surface area contributed by atoms with Gasteiger partial charge in [-0.15, -0.1) is 0 Å². The van der Waals surface area contributed by atoms with Gasteiger partial charge in [0.1, 0.15) is 0 Å².